The minimum absolute atomic E-state index is 0.0346. The van der Waals surface area contributed by atoms with Gasteiger partial charge in [0.1, 0.15) is 5.52 Å². The van der Waals surface area contributed by atoms with Crippen LogP contribution < -0.4 is 5.32 Å². The highest BCUT2D eigenvalue weighted by Gasteiger charge is 2.27. The first-order chi connectivity index (χ1) is 12.7. The summed E-state index contributed by atoms with van der Waals surface area (Å²) in [4.78, 5) is 30.4. The van der Waals surface area contributed by atoms with Gasteiger partial charge in [-0.25, -0.2) is 4.98 Å². The van der Waals surface area contributed by atoms with Crippen molar-refractivity contribution in [2.24, 2.45) is 0 Å². The maximum atomic E-state index is 12.3. The van der Waals surface area contributed by atoms with E-state index in [1.54, 1.807) is 17.0 Å². The minimum Gasteiger partial charge on any atom is -0.459 e. The van der Waals surface area contributed by atoms with Crippen molar-refractivity contribution < 1.29 is 18.4 Å². The lowest BCUT2D eigenvalue weighted by atomic mass is 9.97. The molecule has 0 atom stereocenters. The second kappa shape index (κ2) is 7.03. The van der Waals surface area contributed by atoms with Crippen molar-refractivity contribution >= 4 is 22.9 Å². The number of fused-ring (bicyclic) bond motifs is 1. The van der Waals surface area contributed by atoms with Gasteiger partial charge in [0, 0.05) is 19.0 Å². The third-order valence-electron chi connectivity index (χ3n) is 4.65. The number of carbonyl (C=O) groups is 2. The number of oxazole rings is 1. The molecule has 7 heteroatoms. The molecule has 2 aromatic heterocycles. The average Bonchev–Trinajstić information content (AvgIpc) is 3.35. The van der Waals surface area contributed by atoms with Crippen LogP contribution in [-0.4, -0.2) is 41.3 Å². The van der Waals surface area contributed by atoms with Crippen molar-refractivity contribution in [3.05, 3.63) is 54.3 Å². The highest BCUT2D eigenvalue weighted by molar-refractivity contribution is 5.94. The first-order valence-corrected chi connectivity index (χ1v) is 8.65. The lowest BCUT2D eigenvalue weighted by molar-refractivity contribution is -0.131. The molecular formula is C19H19N3O4. The molecule has 26 heavy (non-hydrogen) atoms. The topological polar surface area (TPSA) is 88.6 Å². The molecule has 0 unspecified atom stereocenters. The molecule has 3 heterocycles. The number of para-hydroxylation sites is 2. The zero-order chi connectivity index (χ0) is 17.9. The largest absolute Gasteiger partial charge is 0.459 e. The Morgan fingerprint density at radius 2 is 1.96 bits per heavy atom. The molecule has 134 valence electrons. The van der Waals surface area contributed by atoms with Gasteiger partial charge in [-0.1, -0.05) is 12.1 Å². The summed E-state index contributed by atoms with van der Waals surface area (Å²) in [5, 5.41) is 2.59. The molecule has 2 amide bonds. The molecule has 0 radical (unpaired) electrons. The number of hydrogen-bond acceptors (Lipinski definition) is 5. The molecule has 1 fully saturated rings. The van der Waals surface area contributed by atoms with Crippen LogP contribution in [0.2, 0.25) is 0 Å². The van der Waals surface area contributed by atoms with Crippen LogP contribution in [0.3, 0.4) is 0 Å². The van der Waals surface area contributed by atoms with Crippen molar-refractivity contribution in [1.29, 1.82) is 0 Å². The lowest BCUT2D eigenvalue weighted by Crippen LogP contribution is -2.43. The minimum atomic E-state index is -0.385. The first kappa shape index (κ1) is 16.4. The molecule has 3 aromatic rings. The van der Waals surface area contributed by atoms with Gasteiger partial charge in [0.15, 0.2) is 17.2 Å². The maximum Gasteiger partial charge on any atom is 0.287 e. The van der Waals surface area contributed by atoms with Crippen molar-refractivity contribution in [2.75, 3.05) is 19.6 Å². The van der Waals surface area contributed by atoms with Gasteiger partial charge in [-0.15, -0.1) is 0 Å². The quantitative estimate of drug-likeness (QED) is 0.779. The summed E-state index contributed by atoms with van der Waals surface area (Å²) in [6.45, 7) is 1.21. The molecule has 1 aliphatic heterocycles. The summed E-state index contributed by atoms with van der Waals surface area (Å²) in [7, 11) is 0. The zero-order valence-corrected chi connectivity index (χ0v) is 14.2. The van der Waals surface area contributed by atoms with E-state index in [-0.39, 0.29) is 30.0 Å². The van der Waals surface area contributed by atoms with Crippen molar-refractivity contribution in [2.45, 2.75) is 18.8 Å². The van der Waals surface area contributed by atoms with Gasteiger partial charge in [-0.05, 0) is 37.1 Å². The van der Waals surface area contributed by atoms with E-state index in [0.717, 1.165) is 29.8 Å². The number of nitrogens with one attached hydrogen (secondary N) is 1. The van der Waals surface area contributed by atoms with E-state index in [9.17, 15) is 9.59 Å². The molecule has 0 spiro atoms. The number of furan rings is 1. The van der Waals surface area contributed by atoms with Crippen LogP contribution in [-0.2, 0) is 4.79 Å². The Labute approximate surface area is 150 Å². The summed E-state index contributed by atoms with van der Waals surface area (Å²) in [6, 6.07) is 10.9. The fraction of sp³-hybridized carbons (Fsp3) is 0.316. The third kappa shape index (κ3) is 3.33. The van der Waals surface area contributed by atoms with Gasteiger partial charge < -0.3 is 19.1 Å². The molecule has 1 saturated heterocycles. The second-order valence-corrected chi connectivity index (χ2v) is 6.33. The smallest absolute Gasteiger partial charge is 0.287 e. The van der Waals surface area contributed by atoms with Gasteiger partial charge in [0.2, 0.25) is 5.91 Å². The summed E-state index contributed by atoms with van der Waals surface area (Å²) in [6.07, 6.45) is 3.02. The van der Waals surface area contributed by atoms with Gasteiger partial charge in [-0.2, -0.15) is 0 Å². The third-order valence-corrected chi connectivity index (χ3v) is 4.65. The van der Waals surface area contributed by atoms with Gasteiger partial charge in [-0.3, -0.25) is 9.59 Å². The molecule has 0 saturated carbocycles. The van der Waals surface area contributed by atoms with Gasteiger partial charge >= 0.3 is 0 Å². The molecule has 1 N–H and O–H groups in total. The van der Waals surface area contributed by atoms with Gasteiger partial charge in [0.05, 0.1) is 12.8 Å². The van der Waals surface area contributed by atoms with Crippen molar-refractivity contribution in [1.82, 2.24) is 15.2 Å². The summed E-state index contributed by atoms with van der Waals surface area (Å²) >= 11 is 0. The Morgan fingerprint density at radius 1 is 1.15 bits per heavy atom. The Morgan fingerprint density at radius 3 is 2.69 bits per heavy atom. The summed E-state index contributed by atoms with van der Waals surface area (Å²) in [5.41, 5.74) is 1.66. The summed E-state index contributed by atoms with van der Waals surface area (Å²) < 4.78 is 10.8. The van der Waals surface area contributed by atoms with E-state index >= 15 is 0 Å². The molecule has 0 aliphatic carbocycles. The van der Waals surface area contributed by atoms with Crippen molar-refractivity contribution in [3.8, 4) is 0 Å². The number of rotatable bonds is 4. The number of carbonyl (C=O) groups excluding carboxylic acids is 2. The molecule has 1 aliphatic rings. The van der Waals surface area contributed by atoms with Crippen LogP contribution in [0.5, 0.6) is 0 Å². The maximum absolute atomic E-state index is 12.3. The first-order valence-electron chi connectivity index (χ1n) is 8.65. The van der Waals surface area contributed by atoms with E-state index in [2.05, 4.69) is 10.3 Å². The highest BCUT2D eigenvalue weighted by Crippen LogP contribution is 2.29. The zero-order valence-electron chi connectivity index (χ0n) is 14.2. The number of amides is 2. The van der Waals surface area contributed by atoms with Crippen LogP contribution in [0.4, 0.5) is 0 Å². The number of hydrogen-bond donors (Lipinski definition) is 1. The average molecular weight is 353 g/mol. The number of piperidine rings is 1. The van der Waals surface area contributed by atoms with E-state index in [1.165, 1.54) is 6.26 Å². The predicted octanol–water partition coefficient (Wildman–Crippen LogP) is 2.56. The Balaban J connectivity index is 1.30. The Hall–Kier alpha value is -3.09. The van der Waals surface area contributed by atoms with Crippen LogP contribution in [0.15, 0.2) is 51.5 Å². The predicted molar refractivity (Wildman–Crippen MR) is 93.6 cm³/mol. The number of likely N-dealkylation sites (tertiary alicyclic amines) is 1. The van der Waals surface area contributed by atoms with Crippen LogP contribution in [0, 0.1) is 0 Å². The molecule has 4 rings (SSSR count). The SMILES string of the molecule is O=C(NCC(=O)N1CCC(c2nc3ccccc3o2)CC1)c1ccco1. The van der Waals surface area contributed by atoms with Crippen molar-refractivity contribution in [3.63, 3.8) is 0 Å². The molecular weight excluding hydrogens is 334 g/mol. The fourth-order valence-corrected chi connectivity index (χ4v) is 3.20. The normalized spacial score (nSPS) is 15.3. The summed E-state index contributed by atoms with van der Waals surface area (Å²) in [5.74, 6) is 0.673. The standard InChI is InChI=1S/C19H19N3O4/c23-17(12-20-18(24)16-6-3-11-25-16)22-9-7-13(8-10-22)19-21-14-4-1-2-5-15(14)26-19/h1-6,11,13H,7-10,12H2,(H,20,24). The second-order valence-electron chi connectivity index (χ2n) is 6.33. The van der Waals surface area contributed by atoms with E-state index < -0.39 is 0 Å². The highest BCUT2D eigenvalue weighted by atomic mass is 16.3. The molecule has 0 bridgehead atoms. The van der Waals surface area contributed by atoms with Crippen LogP contribution >= 0.6 is 0 Å². The van der Waals surface area contributed by atoms with E-state index in [0.29, 0.717) is 13.1 Å². The lowest BCUT2D eigenvalue weighted by Gasteiger charge is -2.30. The number of benzene rings is 1. The molecule has 7 nitrogen and oxygen atoms in total. The number of nitrogens with zero attached hydrogens (tertiary/aromatic N) is 2. The Kier molecular flexibility index (Phi) is 4.43. The monoisotopic (exact) mass is 353 g/mol. The van der Waals surface area contributed by atoms with Crippen LogP contribution in [0.1, 0.15) is 35.2 Å². The number of aromatic nitrogens is 1. The van der Waals surface area contributed by atoms with E-state index in [4.69, 9.17) is 8.83 Å². The van der Waals surface area contributed by atoms with E-state index in [1.807, 2.05) is 24.3 Å². The fourth-order valence-electron chi connectivity index (χ4n) is 3.20. The van der Waals surface area contributed by atoms with Gasteiger partial charge in [0.25, 0.3) is 5.91 Å². The molecule has 1 aromatic carbocycles. The van der Waals surface area contributed by atoms with Crippen LogP contribution in [0.25, 0.3) is 11.1 Å². The Bertz CT molecular complexity index is 875.